The molecule has 0 amide bonds. The molecule has 1 aliphatic heterocycles. The van der Waals surface area contributed by atoms with Crippen LogP contribution in [0.25, 0.3) is 27.1 Å². The molecule has 176 valence electrons. The molecule has 0 radical (unpaired) electrons. The molecule has 9 heteroatoms. The van der Waals surface area contributed by atoms with Gasteiger partial charge in [-0.1, -0.05) is 11.3 Å². The second-order valence-electron chi connectivity index (χ2n) is 10.4. The van der Waals surface area contributed by atoms with Crippen LogP contribution in [0.5, 0.6) is 0 Å². The Labute approximate surface area is 202 Å². The minimum Gasteiger partial charge on any atom is -0.345 e. The molecule has 7 nitrogen and oxygen atoms in total. The van der Waals surface area contributed by atoms with Crippen molar-refractivity contribution < 1.29 is 4.39 Å². The second-order valence-corrected chi connectivity index (χ2v) is 11.4. The lowest BCUT2D eigenvalue weighted by atomic mass is 9.77. The van der Waals surface area contributed by atoms with Crippen LogP contribution in [-0.2, 0) is 0 Å². The summed E-state index contributed by atoms with van der Waals surface area (Å²) in [4.78, 5) is 15.8. The Bertz CT molecular complexity index is 1450. The SMILES string of the molecule is Cc1cn2cc(-c3cc4sc(N(C)[C@@H]5CC(C)(C)NC(C)(C)[C@@H]5F)nc4cn3)cc(C#N)c2n1. The fourth-order valence-corrected chi connectivity index (χ4v) is 6.14. The van der Waals surface area contributed by atoms with Crippen molar-refractivity contribution in [1.29, 1.82) is 5.26 Å². The van der Waals surface area contributed by atoms with E-state index in [2.05, 4.69) is 35.2 Å². The van der Waals surface area contributed by atoms with Crippen molar-refractivity contribution >= 4 is 32.3 Å². The standard InChI is InChI=1S/C25H28FN7S/c1-14-12-33-13-16(7-15(10-27)22(33)29-14)17-8-20-18(11-28-17)30-23(34-20)32(6)19-9-24(2,3)31-25(4,5)21(19)26/h7-8,11-13,19,21,31H,9H2,1-6H3/t19-,21-/m1/s1. The summed E-state index contributed by atoms with van der Waals surface area (Å²) in [6, 6.07) is 5.75. The molecule has 1 aliphatic rings. The number of alkyl halides is 1. The largest absolute Gasteiger partial charge is 0.345 e. The maximum Gasteiger partial charge on any atom is 0.186 e. The minimum atomic E-state index is -1.04. The van der Waals surface area contributed by atoms with Gasteiger partial charge in [-0.25, -0.2) is 14.4 Å². The van der Waals surface area contributed by atoms with Crippen LogP contribution in [0, 0.1) is 18.3 Å². The third-order valence-corrected chi connectivity index (χ3v) is 7.67. The van der Waals surface area contributed by atoms with Gasteiger partial charge in [0.1, 0.15) is 17.8 Å². The average molecular weight is 478 g/mol. The molecule has 5 rings (SSSR count). The summed E-state index contributed by atoms with van der Waals surface area (Å²) in [6.07, 6.45) is 5.21. The van der Waals surface area contributed by atoms with Crippen LogP contribution >= 0.6 is 11.3 Å². The van der Waals surface area contributed by atoms with Crippen LogP contribution in [0.4, 0.5) is 9.52 Å². The summed E-state index contributed by atoms with van der Waals surface area (Å²) in [5.41, 5.74) is 3.54. The zero-order valence-electron chi connectivity index (χ0n) is 20.2. The lowest BCUT2D eigenvalue weighted by Gasteiger charge is -2.51. The Morgan fingerprint density at radius 2 is 2.00 bits per heavy atom. The van der Waals surface area contributed by atoms with E-state index in [-0.39, 0.29) is 11.6 Å². The Balaban J connectivity index is 1.51. The first-order valence-electron chi connectivity index (χ1n) is 11.3. The molecule has 0 aliphatic carbocycles. The van der Waals surface area contributed by atoms with Crippen LogP contribution in [0.2, 0.25) is 0 Å². The van der Waals surface area contributed by atoms with E-state index in [0.717, 1.165) is 32.3 Å². The van der Waals surface area contributed by atoms with E-state index in [1.165, 1.54) is 11.3 Å². The van der Waals surface area contributed by atoms with Crippen LogP contribution in [-0.4, -0.2) is 49.7 Å². The number of thiazole rings is 1. The fourth-order valence-electron chi connectivity index (χ4n) is 5.15. The predicted molar refractivity (Wildman–Crippen MR) is 134 cm³/mol. The molecule has 0 unspecified atom stereocenters. The number of pyridine rings is 2. The summed E-state index contributed by atoms with van der Waals surface area (Å²) in [7, 11) is 1.93. The normalized spacial score (nSPS) is 21.6. The summed E-state index contributed by atoms with van der Waals surface area (Å²) < 4.78 is 18.3. The van der Waals surface area contributed by atoms with Crippen molar-refractivity contribution in [3.05, 3.63) is 42.0 Å². The Hall–Kier alpha value is -3.09. The van der Waals surface area contributed by atoms with Gasteiger partial charge in [0.25, 0.3) is 0 Å². The zero-order valence-corrected chi connectivity index (χ0v) is 21.0. The van der Waals surface area contributed by atoms with Crippen LogP contribution < -0.4 is 10.2 Å². The van der Waals surface area contributed by atoms with E-state index in [4.69, 9.17) is 4.98 Å². The molecular weight excluding hydrogens is 449 g/mol. The highest BCUT2D eigenvalue weighted by Crippen LogP contribution is 2.38. The lowest BCUT2D eigenvalue weighted by Crippen LogP contribution is -2.68. The smallest absolute Gasteiger partial charge is 0.186 e. The van der Waals surface area contributed by atoms with Crippen molar-refractivity contribution in [2.24, 2.45) is 0 Å². The number of imidazole rings is 1. The van der Waals surface area contributed by atoms with Gasteiger partial charge in [-0.3, -0.25) is 4.98 Å². The number of hydrogen-bond acceptors (Lipinski definition) is 7. The number of nitrogens with zero attached hydrogens (tertiary/aromatic N) is 6. The van der Waals surface area contributed by atoms with Crippen LogP contribution in [0.3, 0.4) is 0 Å². The van der Waals surface area contributed by atoms with Gasteiger partial charge >= 0.3 is 0 Å². The molecule has 1 saturated heterocycles. The number of nitriles is 1. The zero-order chi connectivity index (χ0) is 24.4. The first-order valence-corrected chi connectivity index (χ1v) is 12.1. The number of aryl methyl sites for hydroxylation is 1. The van der Waals surface area contributed by atoms with Crippen LogP contribution in [0.15, 0.2) is 30.7 Å². The van der Waals surface area contributed by atoms with Gasteiger partial charge in [0, 0.05) is 36.1 Å². The first kappa shape index (κ1) is 22.7. The van der Waals surface area contributed by atoms with Gasteiger partial charge in [-0.15, -0.1) is 0 Å². The molecule has 0 spiro atoms. The van der Waals surface area contributed by atoms with Gasteiger partial charge in [-0.05, 0) is 53.2 Å². The first-order chi connectivity index (χ1) is 16.0. The molecule has 1 N–H and O–H groups in total. The van der Waals surface area contributed by atoms with Crippen molar-refractivity contribution in [2.75, 3.05) is 11.9 Å². The van der Waals surface area contributed by atoms with Crippen molar-refractivity contribution in [2.45, 2.75) is 64.3 Å². The maximum atomic E-state index is 15.5. The van der Waals surface area contributed by atoms with Crippen molar-refractivity contribution in [1.82, 2.24) is 24.7 Å². The summed E-state index contributed by atoms with van der Waals surface area (Å²) in [5, 5.41) is 13.8. The molecule has 1 fully saturated rings. The van der Waals surface area contributed by atoms with E-state index in [1.54, 1.807) is 6.20 Å². The topological polar surface area (TPSA) is 82.1 Å². The van der Waals surface area contributed by atoms with E-state index >= 15 is 4.39 Å². The molecule has 5 heterocycles. The molecule has 4 aromatic rings. The predicted octanol–water partition coefficient (Wildman–Crippen LogP) is 4.88. The number of piperidine rings is 1. The van der Waals surface area contributed by atoms with Gasteiger partial charge in [0.05, 0.1) is 33.9 Å². The lowest BCUT2D eigenvalue weighted by molar-refractivity contribution is 0.0568. The van der Waals surface area contributed by atoms with Crippen LogP contribution in [0.1, 0.15) is 45.4 Å². The highest BCUT2D eigenvalue weighted by atomic mass is 32.1. The number of rotatable bonds is 3. The summed E-state index contributed by atoms with van der Waals surface area (Å²) in [6.45, 7) is 9.97. The molecule has 2 atom stereocenters. The number of hydrogen-bond donors (Lipinski definition) is 1. The van der Waals surface area contributed by atoms with Gasteiger partial charge in [0.2, 0.25) is 0 Å². The molecule has 0 saturated carbocycles. The highest BCUT2D eigenvalue weighted by Gasteiger charge is 2.48. The number of aromatic nitrogens is 4. The van der Waals surface area contributed by atoms with Crippen molar-refractivity contribution in [3.8, 4) is 17.3 Å². The van der Waals surface area contributed by atoms with E-state index in [1.807, 2.05) is 61.6 Å². The van der Waals surface area contributed by atoms with Gasteiger partial charge < -0.3 is 14.6 Å². The molecule has 0 aromatic carbocycles. The Kier molecular flexibility index (Phi) is 5.15. The number of halogens is 1. The van der Waals surface area contributed by atoms with Gasteiger partial charge in [0.15, 0.2) is 10.8 Å². The Morgan fingerprint density at radius 3 is 2.74 bits per heavy atom. The number of nitrogens with one attached hydrogen (secondary N) is 1. The molecule has 4 aromatic heterocycles. The maximum absolute atomic E-state index is 15.5. The van der Waals surface area contributed by atoms with Crippen molar-refractivity contribution in [3.63, 3.8) is 0 Å². The fraction of sp³-hybridized carbons (Fsp3) is 0.440. The van der Waals surface area contributed by atoms with E-state index in [9.17, 15) is 5.26 Å². The summed E-state index contributed by atoms with van der Waals surface area (Å²) in [5.74, 6) is 0. The third kappa shape index (κ3) is 3.81. The Morgan fingerprint density at radius 1 is 1.24 bits per heavy atom. The van der Waals surface area contributed by atoms with E-state index < -0.39 is 11.7 Å². The second kappa shape index (κ2) is 7.72. The molecular formula is C25H28FN7S. The van der Waals surface area contributed by atoms with Gasteiger partial charge in [-0.2, -0.15) is 5.26 Å². The average Bonchev–Trinajstić information content (AvgIpc) is 3.36. The summed E-state index contributed by atoms with van der Waals surface area (Å²) >= 11 is 1.53. The highest BCUT2D eigenvalue weighted by molar-refractivity contribution is 7.22. The quantitative estimate of drug-likeness (QED) is 0.453. The minimum absolute atomic E-state index is 0.181. The molecule has 0 bridgehead atoms. The third-order valence-electron chi connectivity index (χ3n) is 6.56. The number of anilines is 1. The molecule has 34 heavy (non-hydrogen) atoms. The monoisotopic (exact) mass is 477 g/mol. The number of fused-ring (bicyclic) bond motifs is 2. The van der Waals surface area contributed by atoms with E-state index in [0.29, 0.717) is 17.6 Å².